The van der Waals surface area contributed by atoms with E-state index in [0.29, 0.717) is 0 Å². The van der Waals surface area contributed by atoms with Crippen LogP contribution in [0.4, 0.5) is 11.4 Å². The topological polar surface area (TPSA) is 16.1 Å². The summed E-state index contributed by atoms with van der Waals surface area (Å²) in [5.41, 5.74) is 9.99. The number of rotatable bonds is 3. The normalized spacial score (nSPS) is 15.7. The fourth-order valence-corrected chi connectivity index (χ4v) is 9.77. The molecule has 2 nitrogen and oxygen atoms in total. The van der Waals surface area contributed by atoms with E-state index in [0.717, 1.165) is 17.7 Å². The highest BCUT2D eigenvalue weighted by atomic mass is 32.1. The van der Waals surface area contributed by atoms with Crippen molar-refractivity contribution in [1.82, 2.24) is 4.98 Å². The highest BCUT2D eigenvalue weighted by Gasteiger charge is 2.35. The van der Waals surface area contributed by atoms with Crippen molar-refractivity contribution in [3.63, 3.8) is 0 Å². The highest BCUT2D eigenvalue weighted by molar-refractivity contribution is 7.26. The van der Waals surface area contributed by atoms with Gasteiger partial charge in [0.1, 0.15) is 0 Å². The molecule has 10 rings (SSSR count). The first-order chi connectivity index (χ1) is 22.3. The lowest BCUT2D eigenvalue weighted by Crippen LogP contribution is -2.27. The van der Waals surface area contributed by atoms with Crippen molar-refractivity contribution in [2.75, 3.05) is 4.90 Å². The molecule has 5 aromatic carbocycles. The van der Waals surface area contributed by atoms with Crippen LogP contribution < -0.4 is 4.90 Å². The van der Waals surface area contributed by atoms with Crippen LogP contribution in [0.15, 0.2) is 140 Å². The Balaban J connectivity index is 1.12. The molecule has 0 spiro atoms. The Labute approximate surface area is 268 Å². The van der Waals surface area contributed by atoms with Gasteiger partial charge in [0.2, 0.25) is 0 Å². The number of aromatic nitrogens is 1. The number of thiophene rings is 2. The molecule has 0 N–H and O–H groups in total. The number of allylic oxidation sites excluding steroid dienone is 2. The summed E-state index contributed by atoms with van der Waals surface area (Å²) >= 11 is 3.74. The predicted octanol–water partition coefficient (Wildman–Crippen LogP) is 12.0. The standard InChI is InChI=1S/C41H26N2S2/c1-4-16-34-29(11-1)33-24-25(28-14-8-15-31-30-12-2-5-17-36(30)45-41(28)31)19-20-35(33)43(34)27-10-7-9-26(23-27)40-39-32-13-3-6-18-37(32)44-38(39)21-22-42-40/h1-15,17-24,34H,16H2. The predicted molar refractivity (Wildman–Crippen MR) is 195 cm³/mol. The van der Waals surface area contributed by atoms with Gasteiger partial charge in [0.05, 0.1) is 11.7 Å². The molecule has 8 aromatic rings. The van der Waals surface area contributed by atoms with Crippen molar-refractivity contribution in [1.29, 1.82) is 0 Å². The molecular formula is C41H26N2S2. The molecular weight excluding hydrogens is 585 g/mol. The summed E-state index contributed by atoms with van der Waals surface area (Å²) in [7, 11) is 0. The molecule has 0 bridgehead atoms. The second kappa shape index (κ2) is 9.73. The molecule has 4 heteroatoms. The minimum Gasteiger partial charge on any atom is -0.333 e. The molecule has 212 valence electrons. The molecule has 4 heterocycles. The number of hydrogen-bond acceptors (Lipinski definition) is 4. The van der Waals surface area contributed by atoms with E-state index in [1.54, 1.807) is 0 Å². The lowest BCUT2D eigenvalue weighted by molar-refractivity contribution is 0.829. The van der Waals surface area contributed by atoms with Gasteiger partial charge in [-0.05, 0) is 65.6 Å². The zero-order valence-corrected chi connectivity index (χ0v) is 25.9. The Hall–Kier alpha value is -5.03. The van der Waals surface area contributed by atoms with E-state index >= 15 is 0 Å². The fourth-order valence-electron chi connectivity index (χ4n) is 7.43. The third-order valence-corrected chi connectivity index (χ3v) is 11.8. The average molecular weight is 611 g/mol. The second-order valence-corrected chi connectivity index (χ2v) is 14.0. The van der Waals surface area contributed by atoms with Crippen molar-refractivity contribution in [2.24, 2.45) is 0 Å². The summed E-state index contributed by atoms with van der Waals surface area (Å²) < 4.78 is 5.28. The Kier molecular flexibility index (Phi) is 5.48. The lowest BCUT2D eigenvalue weighted by atomic mass is 9.93. The first-order valence-electron chi connectivity index (χ1n) is 15.4. The number of fused-ring (bicyclic) bond motifs is 9. The van der Waals surface area contributed by atoms with Gasteiger partial charge in [-0.3, -0.25) is 4.98 Å². The number of nitrogens with zero attached hydrogens (tertiary/aromatic N) is 2. The van der Waals surface area contributed by atoms with Gasteiger partial charge in [0.15, 0.2) is 0 Å². The summed E-state index contributed by atoms with van der Waals surface area (Å²) in [4.78, 5) is 7.49. The fraction of sp³-hybridized carbons (Fsp3) is 0.0488. The van der Waals surface area contributed by atoms with Gasteiger partial charge in [-0.25, -0.2) is 0 Å². The van der Waals surface area contributed by atoms with Crippen molar-refractivity contribution in [2.45, 2.75) is 12.5 Å². The quantitative estimate of drug-likeness (QED) is 0.198. The van der Waals surface area contributed by atoms with Gasteiger partial charge in [0.25, 0.3) is 0 Å². The van der Waals surface area contributed by atoms with Gasteiger partial charge in [-0.2, -0.15) is 0 Å². The molecule has 45 heavy (non-hydrogen) atoms. The van der Waals surface area contributed by atoms with E-state index < -0.39 is 0 Å². The van der Waals surface area contributed by atoms with E-state index in [9.17, 15) is 0 Å². The summed E-state index contributed by atoms with van der Waals surface area (Å²) in [5, 5.41) is 5.21. The summed E-state index contributed by atoms with van der Waals surface area (Å²) in [6, 6.07) is 42.7. The van der Waals surface area contributed by atoms with Gasteiger partial charge in [0, 0.05) is 69.0 Å². The van der Waals surface area contributed by atoms with E-state index in [2.05, 4.69) is 138 Å². The van der Waals surface area contributed by atoms with Crippen LogP contribution in [0.25, 0.3) is 68.3 Å². The van der Waals surface area contributed by atoms with Crippen LogP contribution in [0, 0.1) is 0 Å². The average Bonchev–Trinajstić information content (AvgIpc) is 3.77. The first-order valence-corrected chi connectivity index (χ1v) is 17.0. The van der Waals surface area contributed by atoms with Crippen molar-refractivity contribution in [3.05, 3.63) is 145 Å². The van der Waals surface area contributed by atoms with E-state index in [4.69, 9.17) is 4.98 Å². The first kappa shape index (κ1) is 25.3. The third kappa shape index (κ3) is 3.76. The van der Waals surface area contributed by atoms with Crippen LogP contribution in [-0.2, 0) is 0 Å². The Morgan fingerprint density at radius 1 is 0.644 bits per heavy atom. The zero-order valence-electron chi connectivity index (χ0n) is 24.3. The van der Waals surface area contributed by atoms with Crippen LogP contribution in [0.3, 0.4) is 0 Å². The monoisotopic (exact) mass is 610 g/mol. The zero-order chi connectivity index (χ0) is 29.5. The maximum atomic E-state index is 4.95. The number of hydrogen-bond donors (Lipinski definition) is 0. The van der Waals surface area contributed by atoms with E-state index in [1.165, 1.54) is 74.0 Å². The maximum absolute atomic E-state index is 4.95. The van der Waals surface area contributed by atoms with Crippen LogP contribution in [0.1, 0.15) is 12.0 Å². The highest BCUT2D eigenvalue weighted by Crippen LogP contribution is 2.50. The van der Waals surface area contributed by atoms with Gasteiger partial charge in [-0.15, -0.1) is 22.7 Å². The minimum atomic E-state index is 0.265. The molecule has 1 aliphatic heterocycles. The maximum Gasteiger partial charge on any atom is 0.0795 e. The number of benzene rings is 5. The largest absolute Gasteiger partial charge is 0.333 e. The summed E-state index contributed by atoms with van der Waals surface area (Å²) in [6.07, 6.45) is 9.78. The lowest BCUT2D eigenvalue weighted by Gasteiger charge is -2.29. The van der Waals surface area contributed by atoms with Crippen molar-refractivity contribution in [3.8, 4) is 22.4 Å². The van der Waals surface area contributed by atoms with Crippen LogP contribution in [-0.4, -0.2) is 11.0 Å². The van der Waals surface area contributed by atoms with Crippen molar-refractivity contribution >= 4 is 80.0 Å². The Morgan fingerprint density at radius 3 is 2.40 bits per heavy atom. The molecule has 1 aliphatic carbocycles. The third-order valence-electron chi connectivity index (χ3n) is 9.41. The smallest absolute Gasteiger partial charge is 0.0795 e. The van der Waals surface area contributed by atoms with E-state index in [-0.39, 0.29) is 6.04 Å². The van der Waals surface area contributed by atoms with E-state index in [1.807, 2.05) is 28.9 Å². The molecule has 1 unspecified atom stereocenters. The molecule has 3 aromatic heterocycles. The minimum absolute atomic E-state index is 0.265. The number of anilines is 2. The van der Waals surface area contributed by atoms with Gasteiger partial charge < -0.3 is 4.90 Å². The van der Waals surface area contributed by atoms with Crippen molar-refractivity contribution < 1.29 is 0 Å². The molecule has 0 saturated carbocycles. The second-order valence-electron chi connectivity index (χ2n) is 11.9. The Morgan fingerprint density at radius 2 is 1.47 bits per heavy atom. The van der Waals surface area contributed by atoms with Crippen LogP contribution in [0.2, 0.25) is 0 Å². The number of pyridine rings is 1. The van der Waals surface area contributed by atoms with Gasteiger partial charge >= 0.3 is 0 Å². The SMILES string of the molecule is C1=CCC2C(=C1)c1cc(-c3cccc4c3sc3ccccc34)ccc1N2c1cccc(-c2nccc3sc4ccccc4c23)c1. The summed E-state index contributed by atoms with van der Waals surface area (Å²) in [6.45, 7) is 0. The van der Waals surface area contributed by atoms with Crippen LogP contribution >= 0.6 is 22.7 Å². The molecule has 0 saturated heterocycles. The summed E-state index contributed by atoms with van der Waals surface area (Å²) in [5.74, 6) is 0. The van der Waals surface area contributed by atoms with Gasteiger partial charge in [-0.1, -0.05) is 91.0 Å². The molecule has 2 aliphatic rings. The molecule has 1 atom stereocenters. The molecule has 0 radical (unpaired) electrons. The molecule has 0 fully saturated rings. The molecule has 0 amide bonds. The van der Waals surface area contributed by atoms with Crippen LogP contribution in [0.5, 0.6) is 0 Å². The Bertz CT molecular complexity index is 2550.